The summed E-state index contributed by atoms with van der Waals surface area (Å²) in [5.74, 6) is 0.356. The van der Waals surface area contributed by atoms with Crippen molar-refractivity contribution in [3.8, 4) is 5.88 Å². The van der Waals surface area contributed by atoms with Crippen LogP contribution in [0.4, 0.5) is 0 Å². The van der Waals surface area contributed by atoms with E-state index in [2.05, 4.69) is 16.9 Å². The fourth-order valence-electron chi connectivity index (χ4n) is 2.03. The summed E-state index contributed by atoms with van der Waals surface area (Å²) in [6, 6.07) is 0. The van der Waals surface area contributed by atoms with E-state index in [1.54, 1.807) is 0 Å². The number of unbranched alkanes of at least 4 members (excludes halogenated alkanes) is 6. The van der Waals surface area contributed by atoms with Gasteiger partial charge >= 0.3 is 0 Å². The minimum Gasteiger partial charge on any atom is -0.479 e. The highest BCUT2D eigenvalue weighted by Gasteiger charge is 2.13. The number of carbonyl (C=O) groups is 1. The molecule has 1 aromatic rings. The van der Waals surface area contributed by atoms with E-state index in [-0.39, 0.29) is 5.78 Å². The number of Topliss-reactive ketones (excluding diaryl/α,β-unsaturated/α-hetero) is 1. The van der Waals surface area contributed by atoms with Crippen LogP contribution in [0, 0.1) is 0 Å². The number of aromatic nitrogens is 2. The third-order valence-electron chi connectivity index (χ3n) is 3.13. The van der Waals surface area contributed by atoms with E-state index in [0.29, 0.717) is 18.0 Å². The number of methoxy groups -OCH3 is 1. The molecule has 0 radical (unpaired) electrons. The Bertz CT molecular complexity index is 380. The first-order valence-corrected chi connectivity index (χ1v) is 7.17. The van der Waals surface area contributed by atoms with E-state index in [1.807, 2.05) is 0 Å². The highest BCUT2D eigenvalue weighted by Crippen LogP contribution is 2.15. The van der Waals surface area contributed by atoms with Crippen molar-refractivity contribution in [3.63, 3.8) is 0 Å². The Morgan fingerprint density at radius 3 is 2.37 bits per heavy atom. The van der Waals surface area contributed by atoms with Crippen molar-refractivity contribution in [1.29, 1.82) is 0 Å². The molecule has 4 nitrogen and oxygen atoms in total. The Kier molecular flexibility index (Phi) is 7.78. The summed E-state index contributed by atoms with van der Waals surface area (Å²) in [5, 5.41) is 0. The molecule has 0 atom stereocenters. The Hall–Kier alpha value is -1.45. The second-order valence-corrected chi connectivity index (χ2v) is 4.71. The van der Waals surface area contributed by atoms with Crippen molar-refractivity contribution in [2.45, 2.75) is 58.3 Å². The molecule has 19 heavy (non-hydrogen) atoms. The highest BCUT2D eigenvalue weighted by atomic mass is 16.5. The Labute approximate surface area is 115 Å². The zero-order valence-electron chi connectivity index (χ0n) is 12.0. The molecule has 1 heterocycles. The lowest BCUT2D eigenvalue weighted by atomic mass is 10.1. The molecular weight excluding hydrogens is 240 g/mol. The molecule has 0 aliphatic rings. The van der Waals surface area contributed by atoms with Gasteiger partial charge in [-0.1, -0.05) is 45.4 Å². The average Bonchev–Trinajstić information content (AvgIpc) is 2.46. The predicted octanol–water partition coefficient (Wildman–Crippen LogP) is 3.81. The van der Waals surface area contributed by atoms with E-state index < -0.39 is 0 Å². The topological polar surface area (TPSA) is 52.1 Å². The SMILES string of the molecule is CCCCCCCCCC(=O)c1nccnc1OC. The zero-order chi connectivity index (χ0) is 13.9. The number of hydrogen-bond donors (Lipinski definition) is 0. The molecule has 0 aliphatic carbocycles. The van der Waals surface area contributed by atoms with E-state index in [0.717, 1.165) is 12.8 Å². The van der Waals surface area contributed by atoms with Crippen molar-refractivity contribution in [2.24, 2.45) is 0 Å². The summed E-state index contributed by atoms with van der Waals surface area (Å²) in [6.45, 7) is 2.22. The van der Waals surface area contributed by atoms with E-state index in [9.17, 15) is 4.79 Å². The van der Waals surface area contributed by atoms with E-state index in [1.165, 1.54) is 51.6 Å². The van der Waals surface area contributed by atoms with Crippen molar-refractivity contribution in [2.75, 3.05) is 7.11 Å². The molecule has 0 spiro atoms. The summed E-state index contributed by atoms with van der Waals surface area (Å²) in [4.78, 5) is 20.0. The van der Waals surface area contributed by atoms with Gasteiger partial charge in [-0.2, -0.15) is 0 Å². The number of ether oxygens (including phenoxy) is 1. The number of carbonyl (C=O) groups excluding carboxylic acids is 1. The lowest BCUT2D eigenvalue weighted by Gasteiger charge is -2.04. The molecular formula is C15H24N2O2. The molecule has 0 aromatic carbocycles. The van der Waals surface area contributed by atoms with Crippen LogP contribution in [-0.2, 0) is 0 Å². The molecule has 0 amide bonds. The normalized spacial score (nSPS) is 10.4. The lowest BCUT2D eigenvalue weighted by Crippen LogP contribution is -2.06. The zero-order valence-corrected chi connectivity index (χ0v) is 12.0. The van der Waals surface area contributed by atoms with Crippen LogP contribution in [-0.4, -0.2) is 22.9 Å². The molecule has 0 unspecified atom stereocenters. The summed E-state index contributed by atoms with van der Waals surface area (Å²) in [5.41, 5.74) is 0.357. The van der Waals surface area contributed by atoms with Gasteiger partial charge in [0.05, 0.1) is 7.11 Å². The molecule has 0 N–H and O–H groups in total. The maximum absolute atomic E-state index is 12.0. The lowest BCUT2D eigenvalue weighted by molar-refractivity contribution is 0.0970. The van der Waals surface area contributed by atoms with Gasteiger partial charge in [0, 0.05) is 18.8 Å². The van der Waals surface area contributed by atoms with Gasteiger partial charge in [-0.15, -0.1) is 0 Å². The van der Waals surface area contributed by atoms with Crippen molar-refractivity contribution >= 4 is 5.78 Å². The molecule has 106 valence electrons. The Morgan fingerprint density at radius 1 is 1.05 bits per heavy atom. The molecule has 4 heteroatoms. The average molecular weight is 264 g/mol. The molecule has 1 rings (SSSR count). The Balaban J connectivity index is 2.24. The first-order chi connectivity index (χ1) is 9.29. The fraction of sp³-hybridized carbons (Fsp3) is 0.667. The van der Waals surface area contributed by atoms with Crippen LogP contribution < -0.4 is 4.74 Å². The highest BCUT2D eigenvalue weighted by molar-refractivity contribution is 5.96. The molecule has 0 saturated carbocycles. The van der Waals surface area contributed by atoms with Gasteiger partial charge in [-0.05, 0) is 6.42 Å². The summed E-state index contributed by atoms with van der Waals surface area (Å²) < 4.78 is 5.04. The van der Waals surface area contributed by atoms with Crippen LogP contribution in [0.2, 0.25) is 0 Å². The van der Waals surface area contributed by atoms with Gasteiger partial charge in [0.25, 0.3) is 0 Å². The van der Waals surface area contributed by atoms with E-state index in [4.69, 9.17) is 4.74 Å². The number of nitrogens with zero attached hydrogens (tertiary/aromatic N) is 2. The molecule has 1 aromatic heterocycles. The molecule has 0 fully saturated rings. The van der Waals surface area contributed by atoms with E-state index >= 15 is 0 Å². The standard InChI is InChI=1S/C15H24N2O2/c1-3-4-5-6-7-8-9-10-13(18)14-15(19-2)17-12-11-16-14/h11-12H,3-10H2,1-2H3. The quantitative estimate of drug-likeness (QED) is 0.476. The van der Waals surface area contributed by atoms with Gasteiger partial charge in [-0.3, -0.25) is 4.79 Å². The number of hydrogen-bond acceptors (Lipinski definition) is 4. The Morgan fingerprint density at radius 2 is 1.68 bits per heavy atom. The monoisotopic (exact) mass is 264 g/mol. The van der Waals surface area contributed by atoms with Crippen LogP contribution in [0.5, 0.6) is 5.88 Å². The number of rotatable bonds is 10. The van der Waals surface area contributed by atoms with Gasteiger partial charge in [0.2, 0.25) is 5.88 Å². The molecule has 0 bridgehead atoms. The largest absolute Gasteiger partial charge is 0.479 e. The van der Waals surface area contributed by atoms with Crippen LogP contribution in [0.1, 0.15) is 68.8 Å². The maximum Gasteiger partial charge on any atom is 0.243 e. The van der Waals surface area contributed by atoms with Gasteiger partial charge in [0.1, 0.15) is 0 Å². The second-order valence-electron chi connectivity index (χ2n) is 4.71. The first kappa shape index (κ1) is 15.6. The predicted molar refractivity (Wildman–Crippen MR) is 75.5 cm³/mol. The van der Waals surface area contributed by atoms with Gasteiger partial charge in [-0.25, -0.2) is 9.97 Å². The smallest absolute Gasteiger partial charge is 0.243 e. The third kappa shape index (κ3) is 5.81. The van der Waals surface area contributed by atoms with Crippen molar-refractivity contribution < 1.29 is 9.53 Å². The van der Waals surface area contributed by atoms with Crippen molar-refractivity contribution in [3.05, 3.63) is 18.1 Å². The van der Waals surface area contributed by atoms with Crippen molar-refractivity contribution in [1.82, 2.24) is 9.97 Å². The second kappa shape index (κ2) is 9.48. The summed E-state index contributed by atoms with van der Waals surface area (Å²) in [7, 11) is 1.51. The van der Waals surface area contributed by atoms with Gasteiger partial charge in [0.15, 0.2) is 11.5 Å². The minimum absolute atomic E-state index is 0.0264. The van der Waals surface area contributed by atoms with Crippen LogP contribution in [0.15, 0.2) is 12.4 Å². The van der Waals surface area contributed by atoms with Crippen LogP contribution in [0.3, 0.4) is 0 Å². The van der Waals surface area contributed by atoms with Crippen LogP contribution >= 0.6 is 0 Å². The summed E-state index contributed by atoms with van der Waals surface area (Å²) in [6.07, 6.45) is 12.0. The number of ketones is 1. The summed E-state index contributed by atoms with van der Waals surface area (Å²) >= 11 is 0. The van der Waals surface area contributed by atoms with Crippen LogP contribution in [0.25, 0.3) is 0 Å². The fourth-order valence-corrected chi connectivity index (χ4v) is 2.03. The first-order valence-electron chi connectivity index (χ1n) is 7.17. The maximum atomic E-state index is 12.0. The minimum atomic E-state index is 0.0264. The van der Waals surface area contributed by atoms with Gasteiger partial charge < -0.3 is 4.74 Å². The third-order valence-corrected chi connectivity index (χ3v) is 3.13. The molecule has 0 saturated heterocycles. The molecule has 0 aliphatic heterocycles.